The van der Waals surface area contributed by atoms with E-state index in [1.807, 2.05) is 0 Å². The van der Waals surface area contributed by atoms with Crippen molar-refractivity contribution in [2.24, 2.45) is 35.5 Å². The highest BCUT2D eigenvalue weighted by molar-refractivity contribution is 14.1. The Balaban J connectivity index is 1.34. The van der Waals surface area contributed by atoms with Crippen LogP contribution in [0.25, 0.3) is 0 Å². The summed E-state index contributed by atoms with van der Waals surface area (Å²) in [5.41, 5.74) is 3.75. The van der Waals surface area contributed by atoms with E-state index in [-0.39, 0.29) is 0 Å². The molecule has 2 heteroatoms. The summed E-state index contributed by atoms with van der Waals surface area (Å²) in [6.45, 7) is 0. The third-order valence-corrected chi connectivity index (χ3v) is 11.1. The normalized spacial score (nSPS) is 50.5. The second-order valence-corrected chi connectivity index (χ2v) is 13.4. The average molecular weight is 488 g/mol. The van der Waals surface area contributed by atoms with Crippen molar-refractivity contribution in [3.8, 4) is 5.75 Å². The van der Waals surface area contributed by atoms with Crippen molar-refractivity contribution in [1.29, 1.82) is 0 Å². The van der Waals surface area contributed by atoms with Crippen LogP contribution < -0.4 is 0 Å². The van der Waals surface area contributed by atoms with Gasteiger partial charge in [0.15, 0.2) is 0 Å². The van der Waals surface area contributed by atoms with Gasteiger partial charge in [-0.3, -0.25) is 0 Å². The molecule has 150 valence electrons. The van der Waals surface area contributed by atoms with E-state index in [2.05, 4.69) is 34.7 Å². The zero-order valence-electron chi connectivity index (χ0n) is 16.9. The third-order valence-electron chi connectivity index (χ3n) is 10.3. The van der Waals surface area contributed by atoms with Crippen LogP contribution >= 0.6 is 22.6 Å². The predicted octanol–water partition coefficient (Wildman–Crippen LogP) is 6.93. The number of hydrogen-bond donors (Lipinski definition) is 1. The number of phenolic OH excluding ortho intramolecular Hbond substituents is 1. The van der Waals surface area contributed by atoms with Crippen LogP contribution in [0.2, 0.25) is 0 Å². The number of aromatic hydroxyl groups is 1. The van der Waals surface area contributed by atoms with Gasteiger partial charge in [0, 0.05) is 5.56 Å². The van der Waals surface area contributed by atoms with Gasteiger partial charge in [0.2, 0.25) is 0 Å². The molecule has 9 rings (SSSR count). The molecular weight excluding hydrogens is 455 g/mol. The minimum Gasteiger partial charge on any atom is -0.507 e. The zero-order chi connectivity index (χ0) is 18.7. The molecule has 8 bridgehead atoms. The minimum absolute atomic E-state index is 0.303. The Morgan fingerprint density at radius 2 is 1.04 bits per heavy atom. The predicted molar refractivity (Wildman–Crippen MR) is 121 cm³/mol. The van der Waals surface area contributed by atoms with Gasteiger partial charge < -0.3 is 5.11 Å². The summed E-state index contributed by atoms with van der Waals surface area (Å²) in [5.74, 6) is 6.42. The Hall–Kier alpha value is -0.250. The fraction of sp³-hybridized carbons (Fsp3) is 0.769. The van der Waals surface area contributed by atoms with E-state index in [9.17, 15) is 5.11 Å². The van der Waals surface area contributed by atoms with Crippen molar-refractivity contribution in [1.82, 2.24) is 0 Å². The van der Waals surface area contributed by atoms with Gasteiger partial charge in [-0.05, 0) is 158 Å². The van der Waals surface area contributed by atoms with Crippen molar-refractivity contribution in [2.75, 3.05) is 0 Å². The summed E-state index contributed by atoms with van der Waals surface area (Å²) < 4.78 is 1.14. The molecule has 0 aromatic heterocycles. The standard InChI is InChI=1S/C26H33IO/c27-23-8-21(25-9-15-1-16(10-25)3-17(2-15)11-25)7-22(24(23)28)26-12-18-4-19(13-26)6-20(5-18)14-26/h7-8,15-20,28H,1-6,9-14H2. The molecule has 0 amide bonds. The largest absolute Gasteiger partial charge is 0.507 e. The highest BCUT2D eigenvalue weighted by Gasteiger charge is 2.55. The van der Waals surface area contributed by atoms with Crippen LogP contribution in [0.5, 0.6) is 5.75 Å². The highest BCUT2D eigenvalue weighted by atomic mass is 127. The molecule has 0 heterocycles. The van der Waals surface area contributed by atoms with Gasteiger partial charge in [-0.1, -0.05) is 6.07 Å². The second-order valence-electron chi connectivity index (χ2n) is 12.3. The molecule has 1 nitrogen and oxygen atoms in total. The van der Waals surface area contributed by atoms with Crippen LogP contribution in [0, 0.1) is 39.1 Å². The number of rotatable bonds is 2. The van der Waals surface area contributed by atoms with Gasteiger partial charge in [-0.2, -0.15) is 0 Å². The van der Waals surface area contributed by atoms with Crippen LogP contribution in [0.4, 0.5) is 0 Å². The molecule has 8 aliphatic carbocycles. The van der Waals surface area contributed by atoms with Crippen molar-refractivity contribution in [3.63, 3.8) is 0 Å². The summed E-state index contributed by atoms with van der Waals surface area (Å²) in [6, 6.07) is 4.96. The molecule has 0 atom stereocenters. The molecule has 1 N–H and O–H groups in total. The lowest BCUT2D eigenvalue weighted by molar-refractivity contribution is -0.00906. The molecule has 0 unspecified atom stereocenters. The van der Waals surface area contributed by atoms with E-state index >= 15 is 0 Å². The molecule has 1 aromatic rings. The monoisotopic (exact) mass is 488 g/mol. The van der Waals surface area contributed by atoms with Crippen molar-refractivity contribution >= 4 is 22.6 Å². The lowest BCUT2D eigenvalue weighted by atomic mass is 9.46. The first kappa shape index (κ1) is 17.4. The van der Waals surface area contributed by atoms with Crippen molar-refractivity contribution in [2.45, 2.75) is 87.9 Å². The van der Waals surface area contributed by atoms with E-state index < -0.39 is 0 Å². The Morgan fingerprint density at radius 1 is 0.643 bits per heavy atom. The van der Waals surface area contributed by atoms with Crippen LogP contribution in [0.3, 0.4) is 0 Å². The molecule has 0 radical (unpaired) electrons. The van der Waals surface area contributed by atoms with Gasteiger partial charge in [-0.15, -0.1) is 0 Å². The zero-order valence-corrected chi connectivity index (χ0v) is 19.1. The third kappa shape index (κ3) is 2.36. The topological polar surface area (TPSA) is 20.2 Å². The minimum atomic E-state index is 0.303. The molecule has 28 heavy (non-hydrogen) atoms. The first-order valence-corrected chi connectivity index (χ1v) is 13.1. The molecule has 1 aromatic carbocycles. The number of halogens is 1. The highest BCUT2D eigenvalue weighted by Crippen LogP contribution is 2.64. The molecular formula is C26H33IO. The van der Waals surface area contributed by atoms with Crippen LogP contribution in [-0.4, -0.2) is 5.11 Å². The maximum Gasteiger partial charge on any atom is 0.132 e. The maximum atomic E-state index is 11.3. The van der Waals surface area contributed by atoms with Crippen LogP contribution in [0.1, 0.15) is 88.2 Å². The maximum absolute atomic E-state index is 11.3. The lowest BCUT2D eigenvalue weighted by Crippen LogP contribution is -2.50. The first-order chi connectivity index (χ1) is 13.5. The van der Waals surface area contributed by atoms with E-state index in [0.29, 0.717) is 16.6 Å². The summed E-state index contributed by atoms with van der Waals surface area (Å²) in [5, 5.41) is 11.3. The van der Waals surface area contributed by atoms with Crippen LogP contribution in [0.15, 0.2) is 12.1 Å². The number of phenols is 1. The Morgan fingerprint density at radius 3 is 1.46 bits per heavy atom. The molecule has 0 aliphatic heterocycles. The van der Waals surface area contributed by atoms with Crippen molar-refractivity contribution < 1.29 is 5.11 Å². The molecule has 0 spiro atoms. The number of hydrogen-bond acceptors (Lipinski definition) is 1. The van der Waals surface area contributed by atoms with Gasteiger partial charge in [-0.25, -0.2) is 0 Å². The smallest absolute Gasteiger partial charge is 0.132 e. The molecule has 0 saturated heterocycles. The Bertz CT molecular complexity index is 769. The molecule has 8 saturated carbocycles. The first-order valence-electron chi connectivity index (χ1n) is 12.0. The fourth-order valence-corrected chi connectivity index (χ4v) is 10.8. The van der Waals surface area contributed by atoms with Gasteiger partial charge in [0.25, 0.3) is 0 Å². The Kier molecular flexibility index (Phi) is 3.55. The van der Waals surface area contributed by atoms with E-state index in [1.54, 1.807) is 5.56 Å². The van der Waals surface area contributed by atoms with E-state index in [1.165, 1.54) is 82.6 Å². The summed E-state index contributed by atoms with van der Waals surface area (Å²) in [6.07, 6.45) is 17.3. The van der Waals surface area contributed by atoms with Gasteiger partial charge in [0.05, 0.1) is 3.57 Å². The van der Waals surface area contributed by atoms with E-state index in [4.69, 9.17) is 0 Å². The molecule has 8 aliphatic rings. The summed E-state index contributed by atoms with van der Waals surface area (Å²) in [7, 11) is 0. The SMILES string of the molecule is Oc1c(I)cc(C23CC4CC(CC(C4)C2)C3)cc1C12CC3CC(CC(C3)C1)C2. The average Bonchev–Trinajstić information content (AvgIpc) is 2.61. The van der Waals surface area contributed by atoms with Crippen molar-refractivity contribution in [3.05, 3.63) is 26.8 Å². The lowest BCUT2D eigenvalue weighted by Gasteiger charge is -2.58. The van der Waals surface area contributed by atoms with Gasteiger partial charge >= 0.3 is 0 Å². The number of benzene rings is 1. The summed E-state index contributed by atoms with van der Waals surface area (Å²) >= 11 is 2.44. The van der Waals surface area contributed by atoms with Crippen LogP contribution in [-0.2, 0) is 10.8 Å². The van der Waals surface area contributed by atoms with E-state index in [0.717, 1.165) is 39.1 Å². The quantitative estimate of drug-likeness (QED) is 0.448. The fourth-order valence-electron chi connectivity index (χ4n) is 10.2. The second kappa shape index (κ2) is 5.71. The Labute approximate surface area is 183 Å². The summed E-state index contributed by atoms with van der Waals surface area (Å²) in [4.78, 5) is 0. The van der Waals surface area contributed by atoms with Gasteiger partial charge in [0.1, 0.15) is 5.75 Å². The molecule has 8 fully saturated rings.